The quantitative estimate of drug-likeness (QED) is 0.192. The van der Waals surface area contributed by atoms with E-state index in [1.807, 2.05) is 92.7 Å². The molecule has 0 radical (unpaired) electrons. The Balaban J connectivity index is 1.36. The highest BCUT2D eigenvalue weighted by atomic mass is 32.1. The highest BCUT2D eigenvalue weighted by molar-refractivity contribution is 7.18. The van der Waals surface area contributed by atoms with Gasteiger partial charge in [-0.3, -0.25) is 9.59 Å². The normalized spacial score (nSPS) is 11.9. The molecule has 0 bridgehead atoms. The number of fused-ring (bicyclic) bond motifs is 2. The van der Waals surface area contributed by atoms with E-state index in [1.54, 1.807) is 11.3 Å². The van der Waals surface area contributed by atoms with Crippen LogP contribution in [0.3, 0.4) is 0 Å². The third kappa shape index (κ3) is 6.26. The predicted octanol–water partition coefficient (Wildman–Crippen LogP) is 7.49. The van der Waals surface area contributed by atoms with Crippen molar-refractivity contribution < 1.29 is 19.4 Å². The zero-order valence-corrected chi connectivity index (χ0v) is 22.8. The minimum absolute atomic E-state index is 0.0726. The van der Waals surface area contributed by atoms with Crippen molar-refractivity contribution in [2.75, 3.05) is 5.32 Å². The van der Waals surface area contributed by atoms with Gasteiger partial charge < -0.3 is 15.2 Å². The van der Waals surface area contributed by atoms with Crippen LogP contribution in [0.4, 0.5) is 5.69 Å². The minimum Gasteiger partial charge on any atom is -0.489 e. The topological polar surface area (TPSA) is 88.5 Å². The van der Waals surface area contributed by atoms with Crippen LogP contribution in [-0.4, -0.2) is 22.0 Å². The SMILES string of the molecule is Cc1nc2cc(OCc3ccc(CCCC(=O)O)c(NC(=O)C(C)c4cccc5ccccc45)c3)ccc2s1. The first-order chi connectivity index (χ1) is 18.9. The number of aryl methyl sites for hydroxylation is 2. The van der Waals surface area contributed by atoms with Gasteiger partial charge in [0.05, 0.1) is 21.1 Å². The number of hydrogen-bond donors (Lipinski definition) is 2. The van der Waals surface area contributed by atoms with E-state index in [0.29, 0.717) is 25.1 Å². The largest absolute Gasteiger partial charge is 0.489 e. The molecule has 0 aliphatic carbocycles. The minimum atomic E-state index is -0.831. The van der Waals surface area contributed by atoms with Gasteiger partial charge in [0.1, 0.15) is 12.4 Å². The van der Waals surface area contributed by atoms with Crippen molar-refractivity contribution in [3.05, 3.63) is 101 Å². The van der Waals surface area contributed by atoms with Gasteiger partial charge in [-0.2, -0.15) is 0 Å². The molecule has 198 valence electrons. The Hall–Kier alpha value is -4.23. The van der Waals surface area contributed by atoms with Crippen LogP contribution < -0.4 is 10.1 Å². The number of aliphatic carboxylic acids is 1. The molecule has 1 heterocycles. The first-order valence-electron chi connectivity index (χ1n) is 13.0. The summed E-state index contributed by atoms with van der Waals surface area (Å²) in [5.74, 6) is -0.597. The van der Waals surface area contributed by atoms with Crippen LogP contribution in [0.5, 0.6) is 5.75 Å². The molecule has 1 aromatic heterocycles. The summed E-state index contributed by atoms with van der Waals surface area (Å²) in [4.78, 5) is 29.1. The maximum atomic E-state index is 13.5. The summed E-state index contributed by atoms with van der Waals surface area (Å²) in [7, 11) is 0. The molecule has 4 aromatic carbocycles. The Morgan fingerprint density at radius 1 is 1.03 bits per heavy atom. The summed E-state index contributed by atoms with van der Waals surface area (Å²) in [5.41, 5.74) is 4.37. The molecular formula is C32H30N2O4S. The first-order valence-corrected chi connectivity index (χ1v) is 13.8. The molecule has 6 nitrogen and oxygen atoms in total. The van der Waals surface area contributed by atoms with Crippen molar-refractivity contribution in [1.82, 2.24) is 4.98 Å². The lowest BCUT2D eigenvalue weighted by Crippen LogP contribution is -2.20. The van der Waals surface area contributed by atoms with Crippen molar-refractivity contribution in [3.63, 3.8) is 0 Å². The summed E-state index contributed by atoms with van der Waals surface area (Å²) in [6.07, 6.45) is 1.11. The lowest BCUT2D eigenvalue weighted by Gasteiger charge is -2.18. The van der Waals surface area contributed by atoms with Crippen LogP contribution in [0.15, 0.2) is 78.9 Å². The van der Waals surface area contributed by atoms with E-state index >= 15 is 0 Å². The van der Waals surface area contributed by atoms with Crippen LogP contribution in [0.25, 0.3) is 21.0 Å². The van der Waals surface area contributed by atoms with E-state index in [0.717, 1.165) is 48.4 Å². The molecule has 2 N–H and O–H groups in total. The molecule has 0 spiro atoms. The zero-order valence-electron chi connectivity index (χ0n) is 21.9. The molecule has 5 rings (SSSR count). The predicted molar refractivity (Wildman–Crippen MR) is 157 cm³/mol. The van der Waals surface area contributed by atoms with Crippen LogP contribution >= 0.6 is 11.3 Å². The van der Waals surface area contributed by atoms with E-state index in [9.17, 15) is 9.59 Å². The van der Waals surface area contributed by atoms with Gasteiger partial charge in [-0.05, 0) is 72.4 Å². The number of carbonyl (C=O) groups is 2. The molecule has 0 aliphatic rings. The highest BCUT2D eigenvalue weighted by Gasteiger charge is 2.19. The first kappa shape index (κ1) is 26.4. The van der Waals surface area contributed by atoms with Gasteiger partial charge in [-0.25, -0.2) is 4.98 Å². The number of ether oxygens (including phenoxy) is 1. The number of amides is 1. The molecule has 39 heavy (non-hydrogen) atoms. The number of rotatable bonds is 10. The number of carbonyl (C=O) groups excluding carboxylic acids is 1. The maximum absolute atomic E-state index is 13.5. The molecule has 0 saturated carbocycles. The second-order valence-corrected chi connectivity index (χ2v) is 10.9. The Bertz CT molecular complexity index is 1650. The average Bonchev–Trinajstić information content (AvgIpc) is 3.31. The van der Waals surface area contributed by atoms with Gasteiger partial charge in [0.15, 0.2) is 0 Å². The smallest absolute Gasteiger partial charge is 0.303 e. The van der Waals surface area contributed by atoms with Gasteiger partial charge in [0.2, 0.25) is 5.91 Å². The monoisotopic (exact) mass is 538 g/mol. The van der Waals surface area contributed by atoms with E-state index in [4.69, 9.17) is 9.84 Å². The van der Waals surface area contributed by atoms with Crippen molar-refractivity contribution in [2.45, 2.75) is 45.6 Å². The molecule has 5 aromatic rings. The molecule has 7 heteroatoms. The molecule has 1 amide bonds. The summed E-state index contributed by atoms with van der Waals surface area (Å²) < 4.78 is 7.18. The van der Waals surface area contributed by atoms with Crippen molar-refractivity contribution >= 4 is 49.9 Å². The fourth-order valence-corrected chi connectivity index (χ4v) is 5.57. The molecule has 1 atom stereocenters. The second kappa shape index (κ2) is 11.7. The Kier molecular flexibility index (Phi) is 7.89. The molecule has 1 unspecified atom stereocenters. The van der Waals surface area contributed by atoms with Gasteiger partial charge in [-0.15, -0.1) is 11.3 Å². The van der Waals surface area contributed by atoms with E-state index in [2.05, 4.69) is 10.3 Å². The lowest BCUT2D eigenvalue weighted by molar-refractivity contribution is -0.137. The van der Waals surface area contributed by atoms with Gasteiger partial charge >= 0.3 is 5.97 Å². The molecule has 0 aliphatic heterocycles. The Labute approximate surface area is 231 Å². The molecule has 0 saturated heterocycles. The Morgan fingerprint density at radius 2 is 1.85 bits per heavy atom. The average molecular weight is 539 g/mol. The van der Waals surface area contributed by atoms with Gasteiger partial charge in [0, 0.05) is 18.2 Å². The van der Waals surface area contributed by atoms with E-state index < -0.39 is 5.97 Å². The van der Waals surface area contributed by atoms with E-state index in [-0.39, 0.29) is 18.2 Å². The summed E-state index contributed by atoms with van der Waals surface area (Å²) in [5, 5.41) is 15.4. The van der Waals surface area contributed by atoms with Crippen LogP contribution in [0, 0.1) is 6.92 Å². The third-order valence-corrected chi connectivity index (χ3v) is 7.78. The van der Waals surface area contributed by atoms with Crippen LogP contribution in [0.2, 0.25) is 0 Å². The number of carboxylic acids is 1. The molecular weight excluding hydrogens is 508 g/mol. The van der Waals surface area contributed by atoms with E-state index in [1.165, 1.54) is 0 Å². The molecule has 0 fully saturated rings. The number of anilines is 1. The maximum Gasteiger partial charge on any atom is 0.303 e. The standard InChI is InChI=1S/C32H30N2O4S/c1-20(26-11-5-8-23-7-3-4-10-27(23)26)32(37)34-28-17-22(13-14-24(28)9-6-12-31(35)36)19-38-25-15-16-30-29(18-25)33-21(2)39-30/h3-5,7-8,10-11,13-18,20H,6,9,12,19H2,1-2H3,(H,34,37)(H,35,36). The van der Waals surface area contributed by atoms with Crippen LogP contribution in [-0.2, 0) is 22.6 Å². The highest BCUT2D eigenvalue weighted by Crippen LogP contribution is 2.29. The summed E-state index contributed by atoms with van der Waals surface area (Å²) in [6.45, 7) is 4.22. The number of aromatic nitrogens is 1. The summed E-state index contributed by atoms with van der Waals surface area (Å²) in [6, 6.07) is 25.8. The Morgan fingerprint density at radius 3 is 2.69 bits per heavy atom. The summed E-state index contributed by atoms with van der Waals surface area (Å²) >= 11 is 1.65. The van der Waals surface area contributed by atoms with Gasteiger partial charge in [0.25, 0.3) is 0 Å². The van der Waals surface area contributed by atoms with Crippen molar-refractivity contribution in [2.24, 2.45) is 0 Å². The number of nitrogens with zero attached hydrogens (tertiary/aromatic N) is 1. The van der Waals surface area contributed by atoms with Crippen molar-refractivity contribution in [3.8, 4) is 5.75 Å². The zero-order chi connectivity index (χ0) is 27.4. The second-order valence-electron chi connectivity index (χ2n) is 9.67. The number of thiazole rings is 1. The van der Waals surface area contributed by atoms with Crippen LogP contribution in [0.1, 0.15) is 47.4 Å². The number of benzene rings is 4. The fraction of sp³-hybridized carbons (Fsp3) is 0.219. The van der Waals surface area contributed by atoms with Crippen molar-refractivity contribution in [1.29, 1.82) is 0 Å². The number of carboxylic acid groups (broad SMARTS) is 1. The lowest BCUT2D eigenvalue weighted by atomic mass is 9.94. The number of nitrogens with one attached hydrogen (secondary N) is 1. The van der Waals surface area contributed by atoms with Gasteiger partial charge in [-0.1, -0.05) is 54.6 Å². The number of hydrogen-bond acceptors (Lipinski definition) is 5. The fourth-order valence-electron chi connectivity index (χ4n) is 4.77. The third-order valence-electron chi connectivity index (χ3n) is 6.82.